The van der Waals surface area contributed by atoms with Gasteiger partial charge in [-0.15, -0.1) is 0 Å². The van der Waals surface area contributed by atoms with Crippen LogP contribution in [0.15, 0.2) is 21.3 Å². The molecule has 5 heteroatoms. The summed E-state index contributed by atoms with van der Waals surface area (Å²) in [5, 5.41) is 0. The number of anilines is 2. The van der Waals surface area contributed by atoms with E-state index in [1.54, 1.807) is 12.1 Å². The second kappa shape index (κ2) is 2.04. The maximum absolute atomic E-state index is 10.7. The molecule has 0 spiro atoms. The molecule has 0 atom stereocenters. The minimum absolute atomic E-state index is 0.356. The van der Waals surface area contributed by atoms with E-state index in [1.807, 2.05) is 0 Å². The average molecular weight is 165 g/mol. The number of H-pyrrole nitrogens is 1. The van der Waals surface area contributed by atoms with Gasteiger partial charge in [0.25, 0.3) is 0 Å². The Bertz CT molecular complexity index is 483. The van der Waals surface area contributed by atoms with Gasteiger partial charge in [0.15, 0.2) is 5.58 Å². The minimum Gasteiger partial charge on any atom is -0.406 e. The molecule has 12 heavy (non-hydrogen) atoms. The van der Waals surface area contributed by atoms with E-state index in [2.05, 4.69) is 4.98 Å². The van der Waals surface area contributed by atoms with Crippen LogP contribution in [-0.4, -0.2) is 4.98 Å². The maximum Gasteiger partial charge on any atom is 0.417 e. The molecule has 1 aromatic carbocycles. The van der Waals surface area contributed by atoms with Gasteiger partial charge in [-0.2, -0.15) is 0 Å². The topological polar surface area (TPSA) is 98.0 Å². The van der Waals surface area contributed by atoms with Crippen LogP contribution in [0.25, 0.3) is 11.1 Å². The van der Waals surface area contributed by atoms with Gasteiger partial charge < -0.3 is 15.9 Å². The van der Waals surface area contributed by atoms with Crippen LogP contribution < -0.4 is 17.2 Å². The van der Waals surface area contributed by atoms with Gasteiger partial charge >= 0.3 is 5.76 Å². The molecule has 0 saturated carbocycles. The van der Waals surface area contributed by atoms with Crippen LogP contribution in [0.4, 0.5) is 11.4 Å². The number of hydrogen-bond acceptors (Lipinski definition) is 4. The predicted molar refractivity (Wildman–Crippen MR) is 45.7 cm³/mol. The Morgan fingerprint density at radius 1 is 1.33 bits per heavy atom. The molecule has 0 amide bonds. The van der Waals surface area contributed by atoms with E-state index in [-0.39, 0.29) is 0 Å². The van der Waals surface area contributed by atoms with Crippen molar-refractivity contribution in [3.05, 3.63) is 22.7 Å². The molecule has 0 aliphatic heterocycles. The number of hydrogen-bond donors (Lipinski definition) is 3. The zero-order chi connectivity index (χ0) is 8.72. The predicted octanol–water partition coefficient (Wildman–Crippen LogP) is 0.285. The first-order valence-corrected chi connectivity index (χ1v) is 3.34. The smallest absolute Gasteiger partial charge is 0.406 e. The molecule has 1 aromatic heterocycles. The van der Waals surface area contributed by atoms with Crippen LogP contribution in [0.2, 0.25) is 0 Å². The molecule has 0 aliphatic rings. The number of nitrogens with two attached hydrogens (primary N) is 2. The summed E-state index contributed by atoms with van der Waals surface area (Å²) in [5.74, 6) is -0.526. The molecule has 0 saturated heterocycles. The summed E-state index contributed by atoms with van der Waals surface area (Å²) in [6.07, 6.45) is 0. The summed E-state index contributed by atoms with van der Waals surface area (Å²) in [5.41, 5.74) is 12.8. The first kappa shape index (κ1) is 6.78. The zero-order valence-electron chi connectivity index (χ0n) is 6.13. The monoisotopic (exact) mass is 165 g/mol. The Hall–Kier alpha value is -1.91. The van der Waals surface area contributed by atoms with Crippen molar-refractivity contribution in [2.75, 3.05) is 11.5 Å². The van der Waals surface area contributed by atoms with Crippen molar-refractivity contribution in [1.82, 2.24) is 4.98 Å². The molecule has 5 N–H and O–H groups in total. The van der Waals surface area contributed by atoms with E-state index >= 15 is 0 Å². The number of nitrogens with one attached hydrogen (secondary N) is 1. The summed E-state index contributed by atoms with van der Waals surface area (Å²) >= 11 is 0. The van der Waals surface area contributed by atoms with Gasteiger partial charge in [0.1, 0.15) is 0 Å². The Morgan fingerprint density at radius 2 is 2.08 bits per heavy atom. The lowest BCUT2D eigenvalue weighted by molar-refractivity contribution is 0.556. The first-order chi connectivity index (χ1) is 5.66. The Labute approximate surface area is 67.0 Å². The van der Waals surface area contributed by atoms with Crippen molar-refractivity contribution in [2.45, 2.75) is 0 Å². The minimum atomic E-state index is -0.526. The highest BCUT2D eigenvalue weighted by atomic mass is 16.4. The van der Waals surface area contributed by atoms with Crippen molar-refractivity contribution in [1.29, 1.82) is 0 Å². The SMILES string of the molecule is Nc1cc(N)c2oc(=O)[nH]c2c1. The Balaban J connectivity index is 2.97. The maximum atomic E-state index is 10.7. The highest BCUT2D eigenvalue weighted by Crippen LogP contribution is 2.21. The van der Waals surface area contributed by atoms with Gasteiger partial charge in [0, 0.05) is 5.69 Å². The van der Waals surface area contributed by atoms with Crippen molar-refractivity contribution >= 4 is 22.5 Å². The number of aromatic nitrogens is 1. The number of nitrogen functional groups attached to an aromatic ring is 2. The normalized spacial score (nSPS) is 10.7. The molecular formula is C7H7N3O2. The van der Waals surface area contributed by atoms with Crippen LogP contribution >= 0.6 is 0 Å². The number of benzene rings is 1. The lowest BCUT2D eigenvalue weighted by Crippen LogP contribution is -1.93. The molecule has 0 unspecified atom stereocenters. The standard InChI is InChI=1S/C7H7N3O2/c8-3-1-4(9)6-5(2-3)10-7(11)12-6/h1-2H,8-9H2,(H,10,11). The number of aromatic amines is 1. The van der Waals surface area contributed by atoms with Crippen molar-refractivity contribution in [2.24, 2.45) is 0 Å². The summed E-state index contributed by atoms with van der Waals surface area (Å²) in [4.78, 5) is 13.2. The molecule has 2 aromatic rings. The number of rotatable bonds is 0. The Kier molecular flexibility index (Phi) is 1.15. The molecule has 0 fully saturated rings. The van der Waals surface area contributed by atoms with Gasteiger partial charge in [0.05, 0.1) is 11.2 Å². The first-order valence-electron chi connectivity index (χ1n) is 3.34. The highest BCUT2D eigenvalue weighted by Gasteiger charge is 2.04. The quantitative estimate of drug-likeness (QED) is 0.488. The molecule has 0 aliphatic carbocycles. The van der Waals surface area contributed by atoms with Gasteiger partial charge in [0.2, 0.25) is 0 Å². The van der Waals surface area contributed by atoms with E-state index in [9.17, 15) is 4.79 Å². The summed E-state index contributed by atoms with van der Waals surface area (Å²) in [6.45, 7) is 0. The molecule has 0 bridgehead atoms. The van der Waals surface area contributed by atoms with E-state index in [0.717, 1.165) is 0 Å². The van der Waals surface area contributed by atoms with E-state index in [0.29, 0.717) is 22.5 Å². The fourth-order valence-electron chi connectivity index (χ4n) is 1.11. The summed E-state index contributed by atoms with van der Waals surface area (Å²) < 4.78 is 4.76. The third kappa shape index (κ3) is 0.833. The molecule has 2 rings (SSSR count). The third-order valence-electron chi connectivity index (χ3n) is 1.57. The van der Waals surface area contributed by atoms with Crippen LogP contribution in [0.1, 0.15) is 0 Å². The lowest BCUT2D eigenvalue weighted by Gasteiger charge is -1.95. The van der Waals surface area contributed by atoms with E-state index in [4.69, 9.17) is 15.9 Å². The fraction of sp³-hybridized carbons (Fsp3) is 0. The number of oxazole rings is 1. The highest BCUT2D eigenvalue weighted by molar-refractivity contribution is 5.87. The van der Waals surface area contributed by atoms with Gasteiger partial charge in [-0.05, 0) is 12.1 Å². The molecule has 1 heterocycles. The molecule has 62 valence electrons. The largest absolute Gasteiger partial charge is 0.417 e. The van der Waals surface area contributed by atoms with Crippen LogP contribution in [-0.2, 0) is 0 Å². The van der Waals surface area contributed by atoms with Crippen LogP contribution in [0.3, 0.4) is 0 Å². The third-order valence-corrected chi connectivity index (χ3v) is 1.57. The number of fused-ring (bicyclic) bond motifs is 1. The van der Waals surface area contributed by atoms with Crippen LogP contribution in [0, 0.1) is 0 Å². The van der Waals surface area contributed by atoms with E-state index in [1.165, 1.54) is 0 Å². The second-order valence-electron chi connectivity index (χ2n) is 2.50. The van der Waals surface area contributed by atoms with Gasteiger partial charge in [-0.25, -0.2) is 4.79 Å². The van der Waals surface area contributed by atoms with E-state index < -0.39 is 5.76 Å². The second-order valence-corrected chi connectivity index (χ2v) is 2.50. The summed E-state index contributed by atoms with van der Waals surface area (Å²) in [6, 6.07) is 3.13. The van der Waals surface area contributed by atoms with Gasteiger partial charge in [-0.1, -0.05) is 0 Å². The fourth-order valence-corrected chi connectivity index (χ4v) is 1.11. The molecule has 0 radical (unpaired) electrons. The van der Waals surface area contributed by atoms with Crippen molar-refractivity contribution in [3.63, 3.8) is 0 Å². The Morgan fingerprint density at radius 3 is 2.83 bits per heavy atom. The molecule has 5 nitrogen and oxygen atoms in total. The van der Waals surface area contributed by atoms with Crippen LogP contribution in [0.5, 0.6) is 0 Å². The van der Waals surface area contributed by atoms with Crippen molar-refractivity contribution < 1.29 is 4.42 Å². The van der Waals surface area contributed by atoms with Crippen molar-refractivity contribution in [3.8, 4) is 0 Å². The zero-order valence-corrected chi connectivity index (χ0v) is 6.13. The van der Waals surface area contributed by atoms with Gasteiger partial charge in [-0.3, -0.25) is 4.98 Å². The lowest BCUT2D eigenvalue weighted by atomic mass is 10.2. The molecular weight excluding hydrogens is 158 g/mol. The summed E-state index contributed by atoms with van der Waals surface area (Å²) in [7, 11) is 0. The average Bonchev–Trinajstić information content (AvgIpc) is 2.29.